The van der Waals surface area contributed by atoms with Crippen LogP contribution in [0.1, 0.15) is 55.3 Å². The molecule has 2 aliphatic rings. The van der Waals surface area contributed by atoms with Crippen LogP contribution in [-0.2, 0) is 19.4 Å². The molecule has 0 saturated carbocycles. The summed E-state index contributed by atoms with van der Waals surface area (Å²) in [5.74, 6) is 0. The lowest BCUT2D eigenvalue weighted by Gasteiger charge is -2.23. The van der Waals surface area contributed by atoms with E-state index in [1.54, 1.807) is 10.5 Å². The number of aliphatic hydroxyl groups is 1. The normalized spacial score (nSPS) is 20.4. The number of nitrogens with zero attached hydrogens (tertiary/aromatic N) is 1. The number of likely N-dealkylation sites (tertiary alicyclic amines) is 1. The molecule has 0 radical (unpaired) electrons. The van der Waals surface area contributed by atoms with Gasteiger partial charge in [0.25, 0.3) is 0 Å². The molecule has 136 valence electrons. The van der Waals surface area contributed by atoms with Crippen molar-refractivity contribution in [3.8, 4) is 0 Å². The van der Waals surface area contributed by atoms with E-state index in [-0.39, 0.29) is 6.10 Å². The second kappa shape index (κ2) is 7.51. The minimum absolute atomic E-state index is 0.240. The van der Waals surface area contributed by atoms with Gasteiger partial charge in [0.15, 0.2) is 0 Å². The molecule has 0 unspecified atom stereocenters. The fraction of sp³-hybridized carbons (Fsp3) is 0.636. The van der Waals surface area contributed by atoms with Crippen LogP contribution in [0, 0.1) is 6.92 Å². The van der Waals surface area contributed by atoms with Gasteiger partial charge in [0.2, 0.25) is 0 Å². The van der Waals surface area contributed by atoms with E-state index in [1.807, 2.05) is 0 Å². The van der Waals surface area contributed by atoms with Crippen molar-refractivity contribution in [2.24, 2.45) is 0 Å². The number of aryl methyl sites for hydroxylation is 2. The predicted molar refractivity (Wildman–Crippen MR) is 103 cm³/mol. The number of aromatic nitrogens is 1. The maximum absolute atomic E-state index is 10.8. The number of aliphatic hydroxyl groups excluding tert-OH is 1. The van der Waals surface area contributed by atoms with Gasteiger partial charge in [0.05, 0.1) is 19.6 Å². The minimum atomic E-state index is -0.240. The van der Waals surface area contributed by atoms with E-state index < -0.39 is 0 Å². The van der Waals surface area contributed by atoms with E-state index in [2.05, 4.69) is 29.7 Å². The molecule has 1 aliphatic heterocycles. The van der Waals surface area contributed by atoms with Crippen LogP contribution in [0.5, 0.6) is 0 Å². The summed E-state index contributed by atoms with van der Waals surface area (Å²) in [6.45, 7) is 6.32. The average molecular weight is 342 g/mol. The first-order valence-corrected chi connectivity index (χ1v) is 10.3. The van der Waals surface area contributed by atoms with Crippen molar-refractivity contribution in [2.45, 2.75) is 70.9 Å². The Morgan fingerprint density at radius 1 is 1.04 bits per heavy atom. The van der Waals surface area contributed by atoms with E-state index >= 15 is 0 Å². The molecule has 2 N–H and O–H groups in total. The average Bonchev–Trinajstić information content (AvgIpc) is 2.77. The lowest BCUT2D eigenvalue weighted by atomic mass is 9.95. The third kappa shape index (κ3) is 3.63. The Bertz CT molecular complexity index is 725. The zero-order chi connectivity index (χ0) is 17.2. The number of quaternary nitrogens is 1. The summed E-state index contributed by atoms with van der Waals surface area (Å²) in [5, 5.41) is 12.3. The van der Waals surface area contributed by atoms with Gasteiger partial charge in [-0.25, -0.2) is 0 Å². The monoisotopic (exact) mass is 341 g/mol. The molecule has 2 aromatic rings. The molecule has 25 heavy (non-hydrogen) atoms. The van der Waals surface area contributed by atoms with Crippen LogP contribution >= 0.6 is 0 Å². The quantitative estimate of drug-likeness (QED) is 0.880. The lowest BCUT2D eigenvalue weighted by molar-refractivity contribution is -0.902. The highest BCUT2D eigenvalue weighted by atomic mass is 16.3. The van der Waals surface area contributed by atoms with Crippen molar-refractivity contribution < 1.29 is 10.0 Å². The Hall–Kier alpha value is -1.32. The number of fused-ring (bicyclic) bond motifs is 3. The molecule has 0 spiro atoms. The van der Waals surface area contributed by atoms with Crippen LogP contribution in [0.3, 0.4) is 0 Å². The van der Waals surface area contributed by atoms with Gasteiger partial charge < -0.3 is 14.6 Å². The SMILES string of the molecule is Cc1ccc2c(c1)c1c(n2C[C@H](O)C[NH+]2CCCCCC2)CCCC1. The molecule has 1 aromatic heterocycles. The van der Waals surface area contributed by atoms with E-state index in [9.17, 15) is 5.11 Å². The van der Waals surface area contributed by atoms with Crippen LogP contribution in [0.15, 0.2) is 18.2 Å². The summed E-state index contributed by atoms with van der Waals surface area (Å²) in [7, 11) is 0. The lowest BCUT2D eigenvalue weighted by Crippen LogP contribution is -3.13. The predicted octanol–water partition coefficient (Wildman–Crippen LogP) is 2.65. The minimum Gasteiger partial charge on any atom is -0.385 e. The third-order valence-electron chi connectivity index (χ3n) is 6.26. The number of hydrogen-bond donors (Lipinski definition) is 2. The summed E-state index contributed by atoms with van der Waals surface area (Å²) < 4.78 is 2.45. The Morgan fingerprint density at radius 3 is 2.60 bits per heavy atom. The first kappa shape index (κ1) is 17.1. The molecule has 1 saturated heterocycles. The highest BCUT2D eigenvalue weighted by molar-refractivity contribution is 5.86. The molecule has 2 heterocycles. The molecule has 1 aromatic carbocycles. The van der Waals surface area contributed by atoms with Crippen molar-refractivity contribution in [2.75, 3.05) is 19.6 Å². The van der Waals surface area contributed by atoms with E-state index in [0.717, 1.165) is 13.1 Å². The second-order valence-corrected chi connectivity index (χ2v) is 8.29. The van der Waals surface area contributed by atoms with Gasteiger partial charge in [-0.2, -0.15) is 0 Å². The van der Waals surface area contributed by atoms with Gasteiger partial charge in [-0.1, -0.05) is 11.6 Å². The second-order valence-electron chi connectivity index (χ2n) is 8.29. The van der Waals surface area contributed by atoms with Gasteiger partial charge in [-0.15, -0.1) is 0 Å². The zero-order valence-electron chi connectivity index (χ0n) is 15.7. The Labute approximate surface area is 151 Å². The number of nitrogens with one attached hydrogen (secondary N) is 1. The van der Waals surface area contributed by atoms with Gasteiger partial charge in [0, 0.05) is 16.6 Å². The fourth-order valence-corrected chi connectivity index (χ4v) is 5.00. The molecule has 1 atom stereocenters. The van der Waals surface area contributed by atoms with Crippen molar-refractivity contribution in [1.82, 2.24) is 4.57 Å². The maximum Gasteiger partial charge on any atom is 0.121 e. The summed E-state index contributed by atoms with van der Waals surface area (Å²) in [6.07, 6.45) is 10.1. The summed E-state index contributed by atoms with van der Waals surface area (Å²) in [6, 6.07) is 6.84. The summed E-state index contributed by atoms with van der Waals surface area (Å²) >= 11 is 0. The first-order valence-electron chi connectivity index (χ1n) is 10.3. The van der Waals surface area contributed by atoms with Gasteiger partial charge in [0.1, 0.15) is 12.6 Å². The zero-order valence-corrected chi connectivity index (χ0v) is 15.7. The molecule has 0 bridgehead atoms. The van der Waals surface area contributed by atoms with Gasteiger partial charge in [-0.05, 0) is 76.0 Å². The smallest absolute Gasteiger partial charge is 0.121 e. The Kier molecular flexibility index (Phi) is 5.14. The molecule has 3 heteroatoms. The standard InChI is InChI=1S/C22H32N2O/c1-17-10-11-22-20(14-17)19-8-4-5-9-21(19)24(22)16-18(25)15-23-12-6-2-3-7-13-23/h10-11,14,18,25H,2-9,12-13,15-16H2,1H3/p+1/t18-/m1/s1. The van der Waals surface area contributed by atoms with Crippen molar-refractivity contribution >= 4 is 10.9 Å². The largest absolute Gasteiger partial charge is 0.385 e. The number of hydrogen-bond acceptors (Lipinski definition) is 1. The topological polar surface area (TPSA) is 29.6 Å². The fourth-order valence-electron chi connectivity index (χ4n) is 5.00. The van der Waals surface area contributed by atoms with E-state index in [1.165, 1.54) is 86.6 Å². The highest BCUT2D eigenvalue weighted by Crippen LogP contribution is 2.33. The van der Waals surface area contributed by atoms with Crippen molar-refractivity contribution in [1.29, 1.82) is 0 Å². The van der Waals surface area contributed by atoms with Gasteiger partial charge in [-0.3, -0.25) is 0 Å². The van der Waals surface area contributed by atoms with Crippen LogP contribution < -0.4 is 4.90 Å². The molecule has 1 aliphatic carbocycles. The molecule has 0 amide bonds. The maximum atomic E-state index is 10.8. The number of rotatable bonds is 4. The van der Waals surface area contributed by atoms with E-state index in [4.69, 9.17) is 0 Å². The molecule has 1 fully saturated rings. The van der Waals surface area contributed by atoms with Crippen LogP contribution in [0.25, 0.3) is 10.9 Å². The van der Waals surface area contributed by atoms with Crippen molar-refractivity contribution in [3.63, 3.8) is 0 Å². The Morgan fingerprint density at radius 2 is 1.80 bits per heavy atom. The van der Waals surface area contributed by atoms with E-state index in [0.29, 0.717) is 0 Å². The molecule has 3 nitrogen and oxygen atoms in total. The Balaban J connectivity index is 1.58. The molecular formula is C22H33N2O+. The van der Waals surface area contributed by atoms with Crippen LogP contribution in [0.4, 0.5) is 0 Å². The molecular weight excluding hydrogens is 308 g/mol. The highest BCUT2D eigenvalue weighted by Gasteiger charge is 2.23. The third-order valence-corrected chi connectivity index (χ3v) is 6.26. The number of benzene rings is 1. The van der Waals surface area contributed by atoms with Crippen molar-refractivity contribution in [3.05, 3.63) is 35.0 Å². The van der Waals surface area contributed by atoms with Crippen LogP contribution in [0.2, 0.25) is 0 Å². The molecule has 4 rings (SSSR count). The van der Waals surface area contributed by atoms with Gasteiger partial charge >= 0.3 is 0 Å². The summed E-state index contributed by atoms with van der Waals surface area (Å²) in [5.41, 5.74) is 5.73. The van der Waals surface area contributed by atoms with Crippen LogP contribution in [-0.4, -0.2) is 35.4 Å². The first-order chi connectivity index (χ1) is 12.2. The summed E-state index contributed by atoms with van der Waals surface area (Å²) in [4.78, 5) is 1.60.